The number of nitrogens with one attached hydrogen (secondary N) is 1. The van der Waals surface area contributed by atoms with Crippen LogP contribution in [0, 0.1) is 6.92 Å². The Hall–Kier alpha value is -1.82. The molecule has 0 aromatic heterocycles. The molecule has 18 heavy (non-hydrogen) atoms. The molecule has 0 radical (unpaired) electrons. The summed E-state index contributed by atoms with van der Waals surface area (Å²) in [5.41, 5.74) is 2.02. The average molecular weight is 263 g/mol. The van der Waals surface area contributed by atoms with E-state index in [9.17, 15) is 4.79 Å². The van der Waals surface area contributed by atoms with E-state index in [0.717, 1.165) is 16.9 Å². The molecule has 0 unspecified atom stereocenters. The number of amidine groups is 1. The summed E-state index contributed by atoms with van der Waals surface area (Å²) in [6.07, 6.45) is 1.66. The van der Waals surface area contributed by atoms with Gasteiger partial charge in [-0.05, 0) is 36.2 Å². The Kier molecular flexibility index (Phi) is 3.99. The third kappa shape index (κ3) is 3.10. The SMILES string of the molecule is COc1ccc(C=NN=C2NC(=O)CS2)c(C)c1. The molecule has 0 bridgehead atoms. The van der Waals surface area contributed by atoms with E-state index in [-0.39, 0.29) is 5.91 Å². The standard InChI is InChI=1S/C12H13N3O2S/c1-8-5-10(17-2)4-3-9(8)6-13-15-12-14-11(16)7-18-12/h3-6H,7H2,1-2H3,(H,14,15,16). The number of hydrogen-bond donors (Lipinski definition) is 1. The lowest BCUT2D eigenvalue weighted by Gasteiger charge is -2.03. The van der Waals surface area contributed by atoms with Crippen molar-refractivity contribution < 1.29 is 9.53 Å². The summed E-state index contributed by atoms with van der Waals surface area (Å²) in [6, 6.07) is 5.71. The number of carbonyl (C=O) groups excluding carboxylic acids is 1. The Balaban J connectivity index is 2.07. The number of benzene rings is 1. The molecule has 1 heterocycles. The lowest BCUT2D eigenvalue weighted by molar-refractivity contribution is -0.116. The van der Waals surface area contributed by atoms with Crippen molar-refractivity contribution in [1.29, 1.82) is 0 Å². The van der Waals surface area contributed by atoms with Crippen molar-refractivity contribution in [2.24, 2.45) is 10.2 Å². The predicted octanol–water partition coefficient (Wildman–Crippen LogP) is 1.56. The van der Waals surface area contributed by atoms with Crippen LogP contribution in [-0.2, 0) is 4.79 Å². The summed E-state index contributed by atoms with van der Waals surface area (Å²) in [5.74, 6) is 1.19. The van der Waals surface area contributed by atoms with Crippen molar-refractivity contribution in [1.82, 2.24) is 5.32 Å². The average Bonchev–Trinajstić information content (AvgIpc) is 2.77. The highest BCUT2D eigenvalue weighted by molar-refractivity contribution is 8.15. The normalized spacial score (nSPS) is 17.4. The van der Waals surface area contributed by atoms with Crippen LogP contribution in [0.3, 0.4) is 0 Å². The van der Waals surface area contributed by atoms with Gasteiger partial charge >= 0.3 is 0 Å². The lowest BCUT2D eigenvalue weighted by atomic mass is 10.1. The summed E-state index contributed by atoms with van der Waals surface area (Å²) < 4.78 is 5.12. The lowest BCUT2D eigenvalue weighted by Crippen LogP contribution is -2.19. The van der Waals surface area contributed by atoms with E-state index in [4.69, 9.17) is 4.74 Å². The summed E-state index contributed by atoms with van der Waals surface area (Å²) in [7, 11) is 1.63. The largest absolute Gasteiger partial charge is 0.497 e. The van der Waals surface area contributed by atoms with Crippen LogP contribution in [0.15, 0.2) is 28.4 Å². The van der Waals surface area contributed by atoms with Gasteiger partial charge in [-0.25, -0.2) is 0 Å². The molecule has 0 saturated carbocycles. The van der Waals surface area contributed by atoms with Crippen LogP contribution in [0.25, 0.3) is 0 Å². The Morgan fingerprint density at radius 3 is 2.94 bits per heavy atom. The topological polar surface area (TPSA) is 63.1 Å². The molecule has 0 atom stereocenters. The molecular formula is C12H13N3O2S. The Labute approximate surface area is 109 Å². The molecule has 0 spiro atoms. The number of aryl methyl sites for hydroxylation is 1. The first-order chi connectivity index (χ1) is 8.69. The van der Waals surface area contributed by atoms with E-state index in [0.29, 0.717) is 10.9 Å². The van der Waals surface area contributed by atoms with Gasteiger partial charge in [0.1, 0.15) is 5.75 Å². The van der Waals surface area contributed by atoms with Crippen molar-refractivity contribution in [3.05, 3.63) is 29.3 Å². The van der Waals surface area contributed by atoms with Gasteiger partial charge in [-0.3, -0.25) is 4.79 Å². The van der Waals surface area contributed by atoms with Crippen LogP contribution in [0.4, 0.5) is 0 Å². The highest BCUT2D eigenvalue weighted by atomic mass is 32.2. The van der Waals surface area contributed by atoms with Crippen molar-refractivity contribution in [3.63, 3.8) is 0 Å². The summed E-state index contributed by atoms with van der Waals surface area (Å²) >= 11 is 1.35. The maximum atomic E-state index is 10.9. The zero-order valence-corrected chi connectivity index (χ0v) is 11.0. The minimum absolute atomic E-state index is 0.0328. The van der Waals surface area contributed by atoms with Crippen molar-refractivity contribution in [3.8, 4) is 5.75 Å². The number of thioether (sulfide) groups is 1. The maximum Gasteiger partial charge on any atom is 0.236 e. The van der Waals surface area contributed by atoms with Crippen LogP contribution < -0.4 is 10.1 Å². The second-order valence-electron chi connectivity index (χ2n) is 3.71. The molecule has 5 nitrogen and oxygen atoms in total. The van der Waals surface area contributed by atoms with Gasteiger partial charge in [0.25, 0.3) is 0 Å². The van der Waals surface area contributed by atoms with Crippen LogP contribution in [0.1, 0.15) is 11.1 Å². The van der Waals surface area contributed by atoms with Gasteiger partial charge < -0.3 is 10.1 Å². The van der Waals surface area contributed by atoms with E-state index in [2.05, 4.69) is 15.5 Å². The van der Waals surface area contributed by atoms with E-state index >= 15 is 0 Å². The first-order valence-electron chi connectivity index (χ1n) is 5.37. The fourth-order valence-corrected chi connectivity index (χ4v) is 2.07. The number of methoxy groups -OCH3 is 1. The molecule has 1 fully saturated rings. The molecule has 1 N–H and O–H groups in total. The van der Waals surface area contributed by atoms with Crippen molar-refractivity contribution >= 4 is 29.1 Å². The van der Waals surface area contributed by atoms with Gasteiger partial charge in [-0.2, -0.15) is 5.10 Å². The van der Waals surface area contributed by atoms with Gasteiger partial charge in [-0.1, -0.05) is 11.8 Å². The molecule has 2 rings (SSSR count). The molecule has 1 aliphatic rings. The fourth-order valence-electron chi connectivity index (χ4n) is 1.44. The molecule has 1 amide bonds. The monoisotopic (exact) mass is 263 g/mol. The maximum absolute atomic E-state index is 10.9. The van der Waals surface area contributed by atoms with E-state index in [1.165, 1.54) is 11.8 Å². The van der Waals surface area contributed by atoms with Gasteiger partial charge in [0.2, 0.25) is 5.91 Å². The van der Waals surface area contributed by atoms with Gasteiger partial charge in [-0.15, -0.1) is 5.10 Å². The first kappa shape index (κ1) is 12.6. The number of carbonyl (C=O) groups is 1. The van der Waals surface area contributed by atoms with E-state index in [1.807, 2.05) is 25.1 Å². The van der Waals surface area contributed by atoms with Crippen LogP contribution >= 0.6 is 11.8 Å². The van der Waals surface area contributed by atoms with E-state index in [1.54, 1.807) is 13.3 Å². The quantitative estimate of drug-likeness (QED) is 0.665. The summed E-state index contributed by atoms with van der Waals surface area (Å²) in [5, 5.41) is 11.1. The summed E-state index contributed by atoms with van der Waals surface area (Å²) in [6.45, 7) is 1.98. The second kappa shape index (κ2) is 5.68. The number of ether oxygens (including phenoxy) is 1. The molecule has 94 valence electrons. The summed E-state index contributed by atoms with van der Waals surface area (Å²) in [4.78, 5) is 10.9. The van der Waals surface area contributed by atoms with Crippen molar-refractivity contribution in [2.45, 2.75) is 6.92 Å². The van der Waals surface area contributed by atoms with Gasteiger partial charge in [0, 0.05) is 0 Å². The molecule has 0 aliphatic carbocycles. The Morgan fingerprint density at radius 1 is 1.50 bits per heavy atom. The highest BCUT2D eigenvalue weighted by Gasteiger charge is 2.15. The number of nitrogens with zero attached hydrogens (tertiary/aromatic N) is 2. The Bertz CT molecular complexity index is 526. The van der Waals surface area contributed by atoms with Gasteiger partial charge in [0.15, 0.2) is 5.17 Å². The molecule has 1 aliphatic heterocycles. The third-order valence-electron chi connectivity index (χ3n) is 2.41. The molecule has 1 aromatic carbocycles. The fraction of sp³-hybridized carbons (Fsp3) is 0.250. The van der Waals surface area contributed by atoms with Crippen LogP contribution in [-0.4, -0.2) is 30.2 Å². The zero-order valence-electron chi connectivity index (χ0n) is 10.1. The molecule has 1 aromatic rings. The molecule has 6 heteroatoms. The van der Waals surface area contributed by atoms with E-state index < -0.39 is 0 Å². The first-order valence-corrected chi connectivity index (χ1v) is 6.36. The number of amides is 1. The highest BCUT2D eigenvalue weighted by Crippen LogP contribution is 2.15. The minimum Gasteiger partial charge on any atom is -0.497 e. The zero-order chi connectivity index (χ0) is 13.0. The second-order valence-corrected chi connectivity index (χ2v) is 4.67. The molecule has 1 saturated heterocycles. The smallest absolute Gasteiger partial charge is 0.236 e. The minimum atomic E-state index is -0.0328. The third-order valence-corrected chi connectivity index (χ3v) is 3.27. The van der Waals surface area contributed by atoms with Crippen molar-refractivity contribution in [2.75, 3.05) is 12.9 Å². The number of rotatable bonds is 3. The molecular weight excluding hydrogens is 250 g/mol. The van der Waals surface area contributed by atoms with Crippen LogP contribution in [0.5, 0.6) is 5.75 Å². The Morgan fingerprint density at radius 2 is 2.33 bits per heavy atom. The number of hydrogen-bond acceptors (Lipinski definition) is 5. The predicted molar refractivity (Wildman–Crippen MR) is 73.4 cm³/mol. The van der Waals surface area contributed by atoms with Crippen LogP contribution in [0.2, 0.25) is 0 Å². The van der Waals surface area contributed by atoms with Gasteiger partial charge in [0.05, 0.1) is 19.1 Å².